The SMILES string of the molecule is COc1ccccc1C(=O)NC1(c2noc(C)n2)CCCC1. The molecular weight excluding hydrogens is 282 g/mol. The van der Waals surface area contributed by atoms with Gasteiger partial charge in [-0.05, 0) is 25.0 Å². The van der Waals surface area contributed by atoms with Crippen molar-refractivity contribution in [2.24, 2.45) is 0 Å². The Labute approximate surface area is 128 Å². The molecule has 1 N–H and O–H groups in total. The molecule has 3 rings (SSSR count). The lowest BCUT2D eigenvalue weighted by Gasteiger charge is -2.27. The molecule has 1 heterocycles. The molecule has 2 aromatic rings. The summed E-state index contributed by atoms with van der Waals surface area (Å²) in [6.07, 6.45) is 3.68. The van der Waals surface area contributed by atoms with Crippen LogP contribution in [0, 0.1) is 6.92 Å². The molecule has 1 aromatic carbocycles. The van der Waals surface area contributed by atoms with Crippen molar-refractivity contribution in [3.8, 4) is 5.75 Å². The maximum atomic E-state index is 12.7. The van der Waals surface area contributed by atoms with Crippen LogP contribution in [0.5, 0.6) is 5.75 Å². The number of carbonyl (C=O) groups is 1. The van der Waals surface area contributed by atoms with Gasteiger partial charge in [-0.1, -0.05) is 30.1 Å². The molecule has 1 fully saturated rings. The van der Waals surface area contributed by atoms with E-state index in [0.717, 1.165) is 25.7 Å². The maximum absolute atomic E-state index is 12.7. The zero-order chi connectivity index (χ0) is 15.6. The third-order valence-corrected chi connectivity index (χ3v) is 4.12. The number of carbonyl (C=O) groups excluding carboxylic acids is 1. The third-order valence-electron chi connectivity index (χ3n) is 4.12. The average Bonchev–Trinajstić information content (AvgIpc) is 3.17. The number of aromatic nitrogens is 2. The van der Waals surface area contributed by atoms with Gasteiger partial charge in [0.05, 0.1) is 12.7 Å². The summed E-state index contributed by atoms with van der Waals surface area (Å²) in [7, 11) is 1.56. The first-order valence-corrected chi connectivity index (χ1v) is 7.41. The number of hydrogen-bond acceptors (Lipinski definition) is 5. The summed E-state index contributed by atoms with van der Waals surface area (Å²) in [5.41, 5.74) is -0.0353. The Morgan fingerprint density at radius 2 is 2.05 bits per heavy atom. The quantitative estimate of drug-likeness (QED) is 0.939. The van der Waals surface area contributed by atoms with E-state index < -0.39 is 5.54 Å². The van der Waals surface area contributed by atoms with Gasteiger partial charge in [0.25, 0.3) is 5.91 Å². The van der Waals surface area contributed by atoms with Crippen molar-refractivity contribution >= 4 is 5.91 Å². The van der Waals surface area contributed by atoms with Crippen LogP contribution in [0.4, 0.5) is 0 Å². The molecule has 0 saturated heterocycles. The number of hydrogen-bond donors (Lipinski definition) is 1. The highest BCUT2D eigenvalue weighted by Gasteiger charge is 2.41. The Morgan fingerprint density at radius 1 is 1.32 bits per heavy atom. The molecule has 0 spiro atoms. The van der Waals surface area contributed by atoms with E-state index in [9.17, 15) is 4.79 Å². The van der Waals surface area contributed by atoms with Gasteiger partial charge >= 0.3 is 0 Å². The Hall–Kier alpha value is -2.37. The Bertz CT molecular complexity index is 675. The molecule has 0 aliphatic heterocycles. The molecule has 1 aliphatic rings. The number of nitrogens with one attached hydrogen (secondary N) is 1. The van der Waals surface area contributed by atoms with E-state index in [0.29, 0.717) is 23.0 Å². The Kier molecular flexibility index (Phi) is 3.83. The lowest BCUT2D eigenvalue weighted by Crippen LogP contribution is -2.44. The van der Waals surface area contributed by atoms with Gasteiger partial charge in [-0.2, -0.15) is 4.98 Å². The fourth-order valence-corrected chi connectivity index (χ4v) is 2.99. The number of aryl methyl sites for hydroxylation is 1. The van der Waals surface area contributed by atoms with Crippen LogP contribution in [-0.2, 0) is 5.54 Å². The zero-order valence-electron chi connectivity index (χ0n) is 12.8. The van der Waals surface area contributed by atoms with Crippen LogP contribution in [0.2, 0.25) is 0 Å². The number of amides is 1. The second kappa shape index (κ2) is 5.79. The highest BCUT2D eigenvalue weighted by Crippen LogP contribution is 2.37. The first-order valence-electron chi connectivity index (χ1n) is 7.41. The monoisotopic (exact) mass is 301 g/mol. The summed E-state index contributed by atoms with van der Waals surface area (Å²) >= 11 is 0. The van der Waals surface area contributed by atoms with Crippen LogP contribution in [0.3, 0.4) is 0 Å². The smallest absolute Gasteiger partial charge is 0.255 e. The van der Waals surface area contributed by atoms with Crippen molar-refractivity contribution in [3.63, 3.8) is 0 Å². The van der Waals surface area contributed by atoms with Crippen LogP contribution >= 0.6 is 0 Å². The topological polar surface area (TPSA) is 77.2 Å². The minimum Gasteiger partial charge on any atom is -0.496 e. The van der Waals surface area contributed by atoms with Crippen molar-refractivity contribution in [1.82, 2.24) is 15.5 Å². The zero-order valence-corrected chi connectivity index (χ0v) is 12.8. The molecule has 0 atom stereocenters. The van der Waals surface area contributed by atoms with Crippen molar-refractivity contribution in [2.75, 3.05) is 7.11 Å². The summed E-state index contributed by atoms with van der Waals surface area (Å²) in [5.74, 6) is 1.44. The minimum absolute atomic E-state index is 0.179. The number of methoxy groups -OCH3 is 1. The maximum Gasteiger partial charge on any atom is 0.255 e. The van der Waals surface area contributed by atoms with Gasteiger partial charge in [0.15, 0.2) is 5.82 Å². The van der Waals surface area contributed by atoms with Crippen LogP contribution in [-0.4, -0.2) is 23.2 Å². The molecule has 116 valence electrons. The highest BCUT2D eigenvalue weighted by molar-refractivity contribution is 5.97. The van der Waals surface area contributed by atoms with E-state index in [-0.39, 0.29) is 5.91 Å². The Morgan fingerprint density at radius 3 is 2.68 bits per heavy atom. The van der Waals surface area contributed by atoms with Crippen molar-refractivity contribution in [1.29, 1.82) is 0 Å². The number of nitrogens with zero attached hydrogens (tertiary/aromatic N) is 2. The number of ether oxygens (including phenoxy) is 1. The van der Waals surface area contributed by atoms with Gasteiger partial charge in [0, 0.05) is 6.92 Å². The standard InChI is InChI=1S/C16H19N3O3/c1-11-17-15(19-22-11)16(9-5-6-10-16)18-14(20)12-7-3-4-8-13(12)21-2/h3-4,7-8H,5-6,9-10H2,1-2H3,(H,18,20). The van der Waals surface area contributed by atoms with Gasteiger partial charge in [0.1, 0.15) is 11.3 Å². The van der Waals surface area contributed by atoms with Crippen LogP contribution in [0.1, 0.15) is 47.8 Å². The lowest BCUT2D eigenvalue weighted by atomic mass is 9.95. The van der Waals surface area contributed by atoms with E-state index >= 15 is 0 Å². The first kappa shape index (κ1) is 14.6. The molecule has 1 amide bonds. The van der Waals surface area contributed by atoms with Gasteiger partial charge in [0.2, 0.25) is 5.89 Å². The molecule has 22 heavy (non-hydrogen) atoms. The average molecular weight is 301 g/mol. The van der Waals surface area contributed by atoms with Gasteiger partial charge in [-0.3, -0.25) is 4.79 Å². The normalized spacial score (nSPS) is 16.5. The second-order valence-corrected chi connectivity index (χ2v) is 5.58. The van der Waals surface area contributed by atoms with E-state index in [1.807, 2.05) is 12.1 Å². The van der Waals surface area contributed by atoms with E-state index in [4.69, 9.17) is 9.26 Å². The first-order chi connectivity index (χ1) is 10.6. The van der Waals surface area contributed by atoms with Crippen molar-refractivity contribution in [2.45, 2.75) is 38.1 Å². The molecule has 6 heteroatoms. The summed E-state index contributed by atoms with van der Waals surface area (Å²) in [6, 6.07) is 7.17. The van der Waals surface area contributed by atoms with Crippen molar-refractivity contribution < 1.29 is 14.1 Å². The predicted octanol–water partition coefficient (Wildman–Crippen LogP) is 2.59. The van der Waals surface area contributed by atoms with Crippen LogP contribution < -0.4 is 10.1 Å². The van der Waals surface area contributed by atoms with Gasteiger partial charge < -0.3 is 14.6 Å². The fourth-order valence-electron chi connectivity index (χ4n) is 2.99. The van der Waals surface area contributed by atoms with Crippen LogP contribution in [0.25, 0.3) is 0 Å². The molecule has 1 aromatic heterocycles. The van der Waals surface area contributed by atoms with E-state index in [1.54, 1.807) is 26.2 Å². The number of para-hydroxylation sites is 1. The summed E-state index contributed by atoms with van der Waals surface area (Å²) in [4.78, 5) is 17.0. The summed E-state index contributed by atoms with van der Waals surface area (Å²) < 4.78 is 10.4. The fraction of sp³-hybridized carbons (Fsp3) is 0.438. The molecular formula is C16H19N3O3. The molecule has 1 saturated carbocycles. The van der Waals surface area contributed by atoms with Crippen LogP contribution in [0.15, 0.2) is 28.8 Å². The molecule has 0 radical (unpaired) electrons. The molecule has 6 nitrogen and oxygen atoms in total. The number of rotatable bonds is 4. The highest BCUT2D eigenvalue weighted by atomic mass is 16.5. The number of benzene rings is 1. The Balaban J connectivity index is 1.90. The minimum atomic E-state index is -0.546. The predicted molar refractivity (Wildman–Crippen MR) is 79.6 cm³/mol. The molecule has 0 bridgehead atoms. The van der Waals surface area contributed by atoms with Crippen molar-refractivity contribution in [3.05, 3.63) is 41.5 Å². The van der Waals surface area contributed by atoms with E-state index in [2.05, 4.69) is 15.5 Å². The summed E-state index contributed by atoms with van der Waals surface area (Å²) in [5, 5.41) is 7.14. The molecule has 0 unspecified atom stereocenters. The third kappa shape index (κ3) is 2.56. The second-order valence-electron chi connectivity index (χ2n) is 5.58. The summed E-state index contributed by atoms with van der Waals surface area (Å²) in [6.45, 7) is 1.75. The van der Waals surface area contributed by atoms with Gasteiger partial charge in [-0.15, -0.1) is 0 Å². The largest absolute Gasteiger partial charge is 0.496 e. The van der Waals surface area contributed by atoms with E-state index in [1.165, 1.54) is 0 Å². The van der Waals surface area contributed by atoms with Gasteiger partial charge in [-0.25, -0.2) is 0 Å². The molecule has 1 aliphatic carbocycles. The lowest BCUT2D eigenvalue weighted by molar-refractivity contribution is 0.0889.